The number of aryl methyl sites for hydroxylation is 1. The molecule has 6 nitrogen and oxygen atoms in total. The van der Waals surface area contributed by atoms with Gasteiger partial charge in [0.25, 0.3) is 0 Å². The number of rotatable bonds is 9. The van der Waals surface area contributed by atoms with E-state index in [9.17, 15) is 9.59 Å². The molecule has 0 saturated heterocycles. The Morgan fingerprint density at radius 1 is 0.773 bits per heavy atom. The number of imidazole rings is 1. The molecule has 6 rings (SSSR count). The van der Waals surface area contributed by atoms with E-state index in [1.54, 1.807) is 22.2 Å². The normalized spacial score (nSPS) is 12.2. The van der Waals surface area contributed by atoms with Gasteiger partial charge < -0.3 is 4.74 Å². The number of carbonyl (C=O) groups excluding carboxylic acids is 1. The summed E-state index contributed by atoms with van der Waals surface area (Å²) in [5.74, 6) is -0.377. The standard InChI is InChI=1S/C37H32ClN3O3/c1-40-33-20-12-19-31(38)34(33)41(36(40)43)30-23-21-26(22-24-30)25-32(35(42)44-2)39-37(27-13-6-3-7-14-27,28-15-8-4-9-16-28)29-17-10-5-11-18-29/h3-24,32,39H,25H2,1-2H3/t32-/m0/s1. The van der Waals surface area contributed by atoms with Crippen molar-refractivity contribution >= 4 is 28.6 Å². The van der Waals surface area contributed by atoms with Gasteiger partial charge in [0, 0.05) is 7.05 Å². The molecular formula is C37H32ClN3O3. The maximum Gasteiger partial charge on any atom is 0.333 e. The lowest BCUT2D eigenvalue weighted by atomic mass is 9.76. The van der Waals surface area contributed by atoms with Gasteiger partial charge in [0.2, 0.25) is 0 Å². The van der Waals surface area contributed by atoms with Crippen molar-refractivity contribution in [2.24, 2.45) is 7.05 Å². The SMILES string of the molecule is COC(=O)[C@H](Cc1ccc(-n2c(=O)n(C)c3cccc(Cl)c32)cc1)NC(c1ccccc1)(c1ccccc1)c1ccccc1. The highest BCUT2D eigenvalue weighted by atomic mass is 35.5. The molecule has 1 heterocycles. The quantitative estimate of drug-likeness (QED) is 0.149. The number of benzene rings is 5. The Balaban J connectivity index is 1.42. The first-order valence-electron chi connectivity index (χ1n) is 14.4. The molecule has 7 heteroatoms. The smallest absolute Gasteiger partial charge is 0.333 e. The summed E-state index contributed by atoms with van der Waals surface area (Å²) in [6.45, 7) is 0. The number of hydrogen-bond acceptors (Lipinski definition) is 4. The fraction of sp³-hybridized carbons (Fsp3) is 0.135. The summed E-state index contributed by atoms with van der Waals surface area (Å²) < 4.78 is 8.55. The monoisotopic (exact) mass is 601 g/mol. The molecule has 0 radical (unpaired) electrons. The number of aromatic nitrogens is 2. The summed E-state index contributed by atoms with van der Waals surface area (Å²) in [6.07, 6.45) is 0.354. The largest absolute Gasteiger partial charge is 0.468 e. The average molecular weight is 602 g/mol. The van der Waals surface area contributed by atoms with Gasteiger partial charge in [0.1, 0.15) is 6.04 Å². The van der Waals surface area contributed by atoms with Gasteiger partial charge in [-0.05, 0) is 52.9 Å². The zero-order valence-electron chi connectivity index (χ0n) is 24.5. The zero-order valence-corrected chi connectivity index (χ0v) is 25.2. The highest BCUT2D eigenvalue weighted by Crippen LogP contribution is 2.37. The number of methoxy groups -OCH3 is 1. The summed E-state index contributed by atoms with van der Waals surface area (Å²) in [5.41, 5.74) is 4.94. The third-order valence-electron chi connectivity index (χ3n) is 8.16. The minimum atomic E-state index is -0.852. The van der Waals surface area contributed by atoms with Crippen molar-refractivity contribution in [1.82, 2.24) is 14.5 Å². The molecule has 0 aliphatic heterocycles. The fourth-order valence-electron chi connectivity index (χ4n) is 6.01. The highest BCUT2D eigenvalue weighted by molar-refractivity contribution is 6.35. The average Bonchev–Trinajstić information content (AvgIpc) is 3.34. The number of para-hydroxylation sites is 1. The number of esters is 1. The molecule has 0 spiro atoms. The molecule has 0 fully saturated rings. The second-order valence-electron chi connectivity index (χ2n) is 10.7. The van der Waals surface area contributed by atoms with E-state index in [0.717, 1.165) is 27.8 Å². The van der Waals surface area contributed by atoms with E-state index >= 15 is 0 Å². The number of carbonyl (C=O) groups is 1. The predicted octanol–water partition coefficient (Wildman–Crippen LogP) is 6.65. The Labute approximate surface area is 261 Å². The number of nitrogens with one attached hydrogen (secondary N) is 1. The predicted molar refractivity (Wildman–Crippen MR) is 175 cm³/mol. The molecule has 6 aromatic rings. The Bertz CT molecular complexity index is 1850. The van der Waals surface area contributed by atoms with Gasteiger partial charge in [0.05, 0.1) is 34.4 Å². The van der Waals surface area contributed by atoms with E-state index in [-0.39, 0.29) is 11.7 Å². The third-order valence-corrected chi connectivity index (χ3v) is 8.46. The van der Waals surface area contributed by atoms with Crippen LogP contribution in [-0.4, -0.2) is 28.3 Å². The molecule has 0 aliphatic rings. The minimum Gasteiger partial charge on any atom is -0.468 e. The summed E-state index contributed by atoms with van der Waals surface area (Å²) >= 11 is 6.53. The lowest BCUT2D eigenvalue weighted by molar-refractivity contribution is -0.143. The number of nitrogens with zero attached hydrogens (tertiary/aromatic N) is 2. The maximum absolute atomic E-state index is 13.5. The number of hydrogen-bond donors (Lipinski definition) is 1. The summed E-state index contributed by atoms with van der Waals surface area (Å²) in [4.78, 5) is 26.6. The molecule has 220 valence electrons. The van der Waals surface area contributed by atoms with E-state index in [2.05, 4.69) is 41.7 Å². The van der Waals surface area contributed by atoms with Crippen LogP contribution in [-0.2, 0) is 28.5 Å². The van der Waals surface area contributed by atoms with Crippen molar-refractivity contribution in [3.63, 3.8) is 0 Å². The van der Waals surface area contributed by atoms with Crippen LogP contribution in [0.15, 0.2) is 138 Å². The minimum absolute atomic E-state index is 0.187. The van der Waals surface area contributed by atoms with E-state index < -0.39 is 11.6 Å². The van der Waals surface area contributed by atoms with Crippen molar-refractivity contribution in [1.29, 1.82) is 0 Å². The van der Waals surface area contributed by atoms with Gasteiger partial charge in [-0.15, -0.1) is 0 Å². The van der Waals surface area contributed by atoms with E-state index in [0.29, 0.717) is 22.6 Å². The third kappa shape index (κ3) is 5.23. The molecule has 44 heavy (non-hydrogen) atoms. The lowest BCUT2D eigenvalue weighted by Crippen LogP contribution is -2.53. The van der Waals surface area contributed by atoms with Gasteiger partial charge in [-0.25, -0.2) is 4.79 Å². The summed E-state index contributed by atoms with van der Waals surface area (Å²) in [6, 6.07) is 42.8. The topological polar surface area (TPSA) is 65.3 Å². The van der Waals surface area contributed by atoms with Crippen LogP contribution in [0.1, 0.15) is 22.3 Å². The number of halogens is 1. The van der Waals surface area contributed by atoms with Gasteiger partial charge in [-0.3, -0.25) is 19.2 Å². The van der Waals surface area contributed by atoms with Crippen LogP contribution in [0.2, 0.25) is 5.02 Å². The van der Waals surface area contributed by atoms with Crippen LogP contribution >= 0.6 is 11.6 Å². The van der Waals surface area contributed by atoms with Crippen molar-refractivity contribution in [3.8, 4) is 5.69 Å². The van der Waals surface area contributed by atoms with E-state index in [1.807, 2.05) is 91.0 Å². The molecule has 5 aromatic carbocycles. The van der Waals surface area contributed by atoms with Crippen molar-refractivity contribution in [2.75, 3.05) is 7.11 Å². The molecule has 0 bridgehead atoms. The van der Waals surface area contributed by atoms with Crippen LogP contribution < -0.4 is 11.0 Å². The van der Waals surface area contributed by atoms with Crippen molar-refractivity contribution < 1.29 is 9.53 Å². The first-order chi connectivity index (χ1) is 21.4. The fourth-order valence-corrected chi connectivity index (χ4v) is 6.27. The van der Waals surface area contributed by atoms with E-state index in [4.69, 9.17) is 16.3 Å². The molecule has 1 aromatic heterocycles. The summed E-state index contributed by atoms with van der Waals surface area (Å²) in [5, 5.41) is 4.25. The molecule has 1 N–H and O–H groups in total. The molecule has 0 saturated carbocycles. The first-order valence-corrected chi connectivity index (χ1v) is 14.8. The Hall–Kier alpha value is -4.91. The number of fused-ring (bicyclic) bond motifs is 1. The first kappa shape index (κ1) is 29.2. The van der Waals surface area contributed by atoms with Crippen LogP contribution in [0.3, 0.4) is 0 Å². The van der Waals surface area contributed by atoms with Gasteiger partial charge in [0.15, 0.2) is 0 Å². The summed E-state index contributed by atoms with van der Waals surface area (Å²) in [7, 11) is 3.14. The Kier molecular flexibility index (Phi) is 8.20. The number of ether oxygens (including phenoxy) is 1. The zero-order chi connectivity index (χ0) is 30.7. The van der Waals surface area contributed by atoms with Crippen molar-refractivity contribution in [3.05, 3.63) is 171 Å². The van der Waals surface area contributed by atoms with Crippen molar-refractivity contribution in [2.45, 2.75) is 18.0 Å². The second kappa shape index (κ2) is 12.4. The Morgan fingerprint density at radius 2 is 1.30 bits per heavy atom. The van der Waals surface area contributed by atoms with Gasteiger partial charge in [-0.1, -0.05) is 121 Å². The Morgan fingerprint density at radius 3 is 1.80 bits per heavy atom. The van der Waals surface area contributed by atoms with Gasteiger partial charge in [-0.2, -0.15) is 0 Å². The molecular weight excluding hydrogens is 570 g/mol. The van der Waals surface area contributed by atoms with Gasteiger partial charge >= 0.3 is 11.7 Å². The second-order valence-corrected chi connectivity index (χ2v) is 11.1. The molecule has 0 amide bonds. The van der Waals surface area contributed by atoms with Crippen LogP contribution in [0.4, 0.5) is 0 Å². The van der Waals surface area contributed by atoms with Crippen LogP contribution in [0.25, 0.3) is 16.7 Å². The maximum atomic E-state index is 13.5. The van der Waals surface area contributed by atoms with E-state index in [1.165, 1.54) is 7.11 Å². The molecule has 1 atom stereocenters. The highest BCUT2D eigenvalue weighted by Gasteiger charge is 2.40. The van der Waals surface area contributed by atoms with Crippen LogP contribution in [0, 0.1) is 0 Å². The lowest BCUT2D eigenvalue weighted by Gasteiger charge is -2.39. The van der Waals surface area contributed by atoms with Crippen LogP contribution in [0.5, 0.6) is 0 Å². The molecule has 0 unspecified atom stereocenters. The molecule has 0 aliphatic carbocycles.